The molecule has 3 aromatic rings. The quantitative estimate of drug-likeness (QED) is 0.754. The van der Waals surface area contributed by atoms with Crippen LogP contribution in [0.25, 0.3) is 10.9 Å². The third-order valence-electron chi connectivity index (χ3n) is 3.69. The molecule has 0 amide bonds. The highest BCUT2D eigenvalue weighted by Gasteiger charge is 2.04. The minimum absolute atomic E-state index is 0.0775. The first-order valence-corrected chi connectivity index (χ1v) is 7.68. The Balaban J connectivity index is 1.75. The second-order valence-corrected chi connectivity index (χ2v) is 5.74. The van der Waals surface area contributed by atoms with Crippen LogP contribution in [0.1, 0.15) is 11.1 Å². The second-order valence-electron chi connectivity index (χ2n) is 5.31. The van der Waals surface area contributed by atoms with Crippen molar-refractivity contribution < 1.29 is 4.74 Å². The van der Waals surface area contributed by atoms with Crippen LogP contribution >= 0.6 is 11.6 Å². The van der Waals surface area contributed by atoms with Gasteiger partial charge in [-0.1, -0.05) is 23.7 Å². The number of aromatic amines is 1. The van der Waals surface area contributed by atoms with Crippen molar-refractivity contribution in [3.8, 4) is 5.75 Å². The van der Waals surface area contributed by atoms with E-state index in [1.165, 1.54) is 0 Å². The summed E-state index contributed by atoms with van der Waals surface area (Å²) in [5.74, 6) is 0.768. The number of pyridine rings is 1. The van der Waals surface area contributed by atoms with E-state index in [0.29, 0.717) is 23.7 Å². The van der Waals surface area contributed by atoms with E-state index in [9.17, 15) is 4.79 Å². The molecule has 1 aromatic heterocycles. The summed E-state index contributed by atoms with van der Waals surface area (Å²) in [6, 6.07) is 15.1. The number of hydrogen-bond donors (Lipinski definition) is 2. The van der Waals surface area contributed by atoms with Crippen LogP contribution in [0.2, 0.25) is 5.02 Å². The highest BCUT2D eigenvalue weighted by Crippen LogP contribution is 2.18. The van der Waals surface area contributed by atoms with Gasteiger partial charge in [-0.05, 0) is 42.0 Å². The van der Waals surface area contributed by atoms with Crippen LogP contribution in [0, 0.1) is 0 Å². The predicted molar refractivity (Wildman–Crippen MR) is 93.1 cm³/mol. The molecule has 0 aliphatic rings. The van der Waals surface area contributed by atoms with Crippen molar-refractivity contribution in [3.63, 3.8) is 0 Å². The number of fused-ring (bicyclic) bond motifs is 1. The van der Waals surface area contributed by atoms with Gasteiger partial charge < -0.3 is 15.0 Å². The average molecular weight is 329 g/mol. The lowest BCUT2D eigenvalue weighted by Crippen LogP contribution is -2.20. The molecule has 0 aliphatic heterocycles. The molecule has 5 heteroatoms. The Kier molecular flexibility index (Phi) is 4.65. The van der Waals surface area contributed by atoms with Crippen LogP contribution in [0.5, 0.6) is 5.75 Å². The molecule has 0 saturated carbocycles. The van der Waals surface area contributed by atoms with E-state index in [1.807, 2.05) is 48.5 Å². The van der Waals surface area contributed by atoms with Crippen LogP contribution in [-0.4, -0.2) is 12.1 Å². The summed E-state index contributed by atoms with van der Waals surface area (Å²) in [5.41, 5.74) is 2.54. The van der Waals surface area contributed by atoms with E-state index in [-0.39, 0.29) is 5.56 Å². The van der Waals surface area contributed by atoms with Gasteiger partial charge in [0, 0.05) is 34.6 Å². The van der Waals surface area contributed by atoms with Crippen molar-refractivity contribution >= 4 is 22.5 Å². The molecule has 0 bridgehead atoms. The van der Waals surface area contributed by atoms with Crippen LogP contribution in [0.3, 0.4) is 0 Å². The fourth-order valence-electron chi connectivity index (χ4n) is 2.43. The predicted octanol–water partition coefficient (Wildman–Crippen LogP) is 3.48. The zero-order chi connectivity index (χ0) is 16.2. The Morgan fingerprint density at radius 3 is 2.61 bits per heavy atom. The van der Waals surface area contributed by atoms with Gasteiger partial charge in [-0.15, -0.1) is 0 Å². The van der Waals surface area contributed by atoms with E-state index < -0.39 is 0 Å². The molecule has 0 fully saturated rings. The van der Waals surface area contributed by atoms with Gasteiger partial charge in [0.15, 0.2) is 0 Å². The number of halogens is 1. The Morgan fingerprint density at radius 2 is 1.87 bits per heavy atom. The lowest BCUT2D eigenvalue weighted by atomic mass is 10.1. The minimum atomic E-state index is -0.0775. The summed E-state index contributed by atoms with van der Waals surface area (Å²) in [4.78, 5) is 15.0. The van der Waals surface area contributed by atoms with Crippen molar-refractivity contribution in [2.24, 2.45) is 0 Å². The fourth-order valence-corrected chi connectivity index (χ4v) is 2.56. The highest BCUT2D eigenvalue weighted by molar-refractivity contribution is 6.30. The maximum absolute atomic E-state index is 12.1. The van der Waals surface area contributed by atoms with E-state index in [2.05, 4.69) is 10.3 Å². The lowest BCUT2D eigenvalue weighted by Gasteiger charge is -2.07. The smallest absolute Gasteiger partial charge is 0.252 e. The number of methoxy groups -OCH3 is 1. The minimum Gasteiger partial charge on any atom is -0.497 e. The molecule has 2 N–H and O–H groups in total. The fraction of sp³-hybridized carbons (Fsp3) is 0.167. The van der Waals surface area contributed by atoms with Crippen LogP contribution in [0.4, 0.5) is 0 Å². The molecule has 4 nitrogen and oxygen atoms in total. The van der Waals surface area contributed by atoms with Gasteiger partial charge in [-0.25, -0.2) is 0 Å². The van der Waals surface area contributed by atoms with Gasteiger partial charge in [-0.2, -0.15) is 0 Å². The molecule has 0 aliphatic carbocycles. The molecule has 23 heavy (non-hydrogen) atoms. The van der Waals surface area contributed by atoms with Crippen LogP contribution in [0.15, 0.2) is 53.3 Å². The monoisotopic (exact) mass is 328 g/mol. The lowest BCUT2D eigenvalue weighted by molar-refractivity contribution is 0.415. The van der Waals surface area contributed by atoms with E-state index >= 15 is 0 Å². The average Bonchev–Trinajstić information content (AvgIpc) is 2.56. The normalized spacial score (nSPS) is 10.9. The number of rotatable bonds is 5. The number of benzene rings is 2. The molecule has 0 saturated heterocycles. The maximum Gasteiger partial charge on any atom is 0.252 e. The number of aromatic nitrogens is 1. The molecular formula is C18H17ClN2O2. The third-order valence-corrected chi connectivity index (χ3v) is 3.94. The van der Waals surface area contributed by atoms with Gasteiger partial charge in [-0.3, -0.25) is 4.79 Å². The van der Waals surface area contributed by atoms with E-state index in [0.717, 1.165) is 22.2 Å². The molecule has 2 aromatic carbocycles. The molecule has 1 heterocycles. The highest BCUT2D eigenvalue weighted by atomic mass is 35.5. The topological polar surface area (TPSA) is 54.1 Å². The second kappa shape index (κ2) is 6.86. The molecular weight excluding hydrogens is 312 g/mol. The zero-order valence-corrected chi connectivity index (χ0v) is 13.5. The van der Waals surface area contributed by atoms with Crippen LogP contribution in [-0.2, 0) is 13.1 Å². The van der Waals surface area contributed by atoms with Crippen molar-refractivity contribution in [2.75, 3.05) is 7.11 Å². The van der Waals surface area contributed by atoms with Crippen molar-refractivity contribution in [1.82, 2.24) is 10.3 Å². The first kappa shape index (κ1) is 15.6. The Bertz CT molecular complexity index is 872. The number of nitrogens with one attached hydrogen (secondary N) is 2. The Hall–Kier alpha value is -2.30. The number of hydrogen-bond acceptors (Lipinski definition) is 3. The summed E-state index contributed by atoms with van der Waals surface area (Å²) in [6.07, 6.45) is 0. The summed E-state index contributed by atoms with van der Waals surface area (Å²) < 4.78 is 5.22. The number of ether oxygens (including phenoxy) is 1. The summed E-state index contributed by atoms with van der Waals surface area (Å²) in [5, 5.41) is 4.94. The standard InChI is InChI=1S/C18H17ClN2O2/c1-23-16-6-7-17-13(9-16)8-14(18(22)21-17)11-20-10-12-2-4-15(19)5-3-12/h2-9,20H,10-11H2,1H3,(H,21,22). The van der Waals surface area contributed by atoms with Crippen molar-refractivity contribution in [3.05, 3.63) is 75.0 Å². The molecule has 118 valence electrons. The molecule has 0 spiro atoms. The van der Waals surface area contributed by atoms with Crippen molar-refractivity contribution in [1.29, 1.82) is 0 Å². The van der Waals surface area contributed by atoms with Crippen LogP contribution < -0.4 is 15.6 Å². The van der Waals surface area contributed by atoms with Gasteiger partial charge in [0.25, 0.3) is 5.56 Å². The Labute approximate surface area is 139 Å². The van der Waals surface area contributed by atoms with Gasteiger partial charge in [0.05, 0.1) is 7.11 Å². The van der Waals surface area contributed by atoms with Gasteiger partial charge in [0.2, 0.25) is 0 Å². The third kappa shape index (κ3) is 3.73. The summed E-state index contributed by atoms with van der Waals surface area (Å²) >= 11 is 5.87. The zero-order valence-electron chi connectivity index (χ0n) is 12.7. The first-order chi connectivity index (χ1) is 11.2. The SMILES string of the molecule is COc1ccc2[nH]c(=O)c(CNCc3ccc(Cl)cc3)cc2c1. The number of H-pyrrole nitrogens is 1. The molecule has 3 rings (SSSR count). The molecule has 0 atom stereocenters. The molecule has 0 radical (unpaired) electrons. The van der Waals surface area contributed by atoms with E-state index in [4.69, 9.17) is 16.3 Å². The summed E-state index contributed by atoms with van der Waals surface area (Å²) in [6.45, 7) is 1.16. The largest absolute Gasteiger partial charge is 0.497 e. The van der Waals surface area contributed by atoms with Crippen molar-refractivity contribution in [2.45, 2.75) is 13.1 Å². The van der Waals surface area contributed by atoms with E-state index in [1.54, 1.807) is 7.11 Å². The molecule has 0 unspecified atom stereocenters. The Morgan fingerprint density at radius 1 is 1.09 bits per heavy atom. The van der Waals surface area contributed by atoms with Gasteiger partial charge in [0.1, 0.15) is 5.75 Å². The van der Waals surface area contributed by atoms with Gasteiger partial charge >= 0.3 is 0 Å². The first-order valence-electron chi connectivity index (χ1n) is 7.31. The maximum atomic E-state index is 12.1. The summed E-state index contributed by atoms with van der Waals surface area (Å²) in [7, 11) is 1.63.